The van der Waals surface area contributed by atoms with Crippen LogP contribution in [-0.2, 0) is 13.1 Å². The third-order valence-corrected chi connectivity index (χ3v) is 10.9. The van der Waals surface area contributed by atoms with Gasteiger partial charge in [0.05, 0.1) is 0 Å². The van der Waals surface area contributed by atoms with Crippen LogP contribution in [0.3, 0.4) is 0 Å². The van der Waals surface area contributed by atoms with Gasteiger partial charge in [0, 0.05) is 93.3 Å². The molecular weight excluding hydrogens is 613 g/mol. The molecule has 0 unspecified atom stereocenters. The van der Waals surface area contributed by atoms with Crippen LogP contribution in [0.2, 0.25) is 0 Å². The van der Waals surface area contributed by atoms with Crippen LogP contribution in [0.5, 0.6) is 0 Å². The van der Waals surface area contributed by atoms with Gasteiger partial charge in [-0.1, -0.05) is 58.7 Å². The summed E-state index contributed by atoms with van der Waals surface area (Å²) in [4.78, 5) is 2.13. The molecule has 2 aromatic heterocycles. The number of aromatic nitrogens is 2. The van der Waals surface area contributed by atoms with E-state index in [0.717, 1.165) is 18.8 Å². The normalized spacial score (nSPS) is 11.5. The smallest absolute Gasteiger partial charge is 0.205 e. The maximum atomic E-state index is 3.18. The lowest BCUT2D eigenvalue weighted by atomic mass is 10.1. The van der Waals surface area contributed by atoms with Crippen molar-refractivity contribution in [2.24, 2.45) is 0 Å². The minimum Gasteiger partial charge on any atom is -0.388 e. The SMILES string of the molecule is CNc1ccc(/C=C/c2cccc[n+]2CCCCCCSSCCCCCC[n+]2ccccc2/C=C/c2ccc(N(C)C)cc2)cc1. The average Bonchev–Trinajstić information content (AvgIpc) is 3.11. The van der Waals surface area contributed by atoms with Gasteiger partial charge in [-0.25, -0.2) is 0 Å². The number of rotatable bonds is 21. The second-order valence-corrected chi connectivity index (χ2v) is 14.8. The number of unbranched alkanes of at least 4 members (excludes halogenated alkanes) is 6. The van der Waals surface area contributed by atoms with Crippen molar-refractivity contribution in [2.75, 3.05) is 42.9 Å². The standard InChI is InChI=1S/C41H53N4S2/c1-42-38-24-18-36(19-25-38)22-28-40-16-8-12-32-44(40)30-10-4-6-14-34-46-47-35-15-7-5-11-31-45-33-13-9-17-41(45)29-23-37-20-26-39(27-21-37)43(2)3/h8-9,12-13,16-29,32-33H,4-7,10-11,14-15,30-31,34-35H2,1-3H3/q+1/p+1. The largest absolute Gasteiger partial charge is 0.388 e. The molecular formula is C41H54N4S2+2. The van der Waals surface area contributed by atoms with Crippen LogP contribution in [0.4, 0.5) is 11.4 Å². The summed E-state index contributed by atoms with van der Waals surface area (Å²) in [6.07, 6.45) is 23.6. The fourth-order valence-corrected chi connectivity index (χ4v) is 7.70. The summed E-state index contributed by atoms with van der Waals surface area (Å²) >= 11 is 0. The van der Waals surface area contributed by atoms with Crippen LogP contribution in [0.1, 0.15) is 73.9 Å². The van der Waals surface area contributed by atoms with Crippen molar-refractivity contribution in [2.45, 2.75) is 64.5 Å². The summed E-state index contributed by atoms with van der Waals surface area (Å²) < 4.78 is 4.76. The summed E-state index contributed by atoms with van der Waals surface area (Å²) in [5.74, 6) is 2.54. The number of hydrogen-bond donors (Lipinski definition) is 1. The van der Waals surface area contributed by atoms with Crippen molar-refractivity contribution in [1.29, 1.82) is 0 Å². The number of anilines is 2. The lowest BCUT2D eigenvalue weighted by Gasteiger charge is -2.11. The van der Waals surface area contributed by atoms with E-state index in [4.69, 9.17) is 0 Å². The van der Waals surface area contributed by atoms with Gasteiger partial charge in [-0.3, -0.25) is 0 Å². The first-order chi connectivity index (χ1) is 23.1. The zero-order valence-electron chi connectivity index (χ0n) is 28.7. The number of aryl methyl sites for hydroxylation is 2. The Bertz CT molecular complexity index is 1500. The third-order valence-electron chi connectivity index (χ3n) is 8.29. The van der Waals surface area contributed by atoms with Crippen LogP contribution in [0.15, 0.2) is 97.3 Å². The van der Waals surface area contributed by atoms with E-state index in [0.29, 0.717) is 0 Å². The molecule has 2 aromatic carbocycles. The summed E-state index contributed by atoms with van der Waals surface area (Å²) in [6, 6.07) is 30.2. The summed E-state index contributed by atoms with van der Waals surface area (Å²) in [6.45, 7) is 2.15. The van der Waals surface area contributed by atoms with Gasteiger partial charge < -0.3 is 10.2 Å². The molecule has 1 N–H and O–H groups in total. The molecule has 6 heteroatoms. The first kappa shape index (κ1) is 36.4. The van der Waals surface area contributed by atoms with E-state index in [1.807, 2.05) is 7.05 Å². The molecule has 4 rings (SSSR count). The topological polar surface area (TPSA) is 23.0 Å². The molecule has 0 saturated heterocycles. The molecule has 0 atom stereocenters. The van der Waals surface area contributed by atoms with Crippen LogP contribution in [-0.4, -0.2) is 32.6 Å². The molecule has 47 heavy (non-hydrogen) atoms. The molecule has 0 fully saturated rings. The van der Waals surface area contributed by atoms with Gasteiger partial charge in [0.1, 0.15) is 13.1 Å². The lowest BCUT2D eigenvalue weighted by molar-refractivity contribution is -0.699. The first-order valence-electron chi connectivity index (χ1n) is 17.2. The maximum absolute atomic E-state index is 3.18. The van der Waals surface area contributed by atoms with Gasteiger partial charge in [0.2, 0.25) is 11.4 Å². The van der Waals surface area contributed by atoms with Crippen LogP contribution < -0.4 is 19.4 Å². The van der Waals surface area contributed by atoms with Crippen molar-refractivity contribution < 1.29 is 9.13 Å². The number of hydrogen-bond acceptors (Lipinski definition) is 4. The monoisotopic (exact) mass is 666 g/mol. The zero-order valence-corrected chi connectivity index (χ0v) is 30.3. The fraction of sp³-hybridized carbons (Fsp3) is 0.366. The Labute approximate surface area is 292 Å². The van der Waals surface area contributed by atoms with Crippen molar-refractivity contribution in [3.05, 3.63) is 120 Å². The fourth-order valence-electron chi connectivity index (χ4n) is 5.41. The molecule has 0 aliphatic carbocycles. The lowest BCUT2D eigenvalue weighted by Crippen LogP contribution is -2.36. The summed E-state index contributed by atoms with van der Waals surface area (Å²) in [5.41, 5.74) is 7.34. The minimum absolute atomic E-state index is 1.08. The van der Waals surface area contributed by atoms with Crippen LogP contribution in [0, 0.1) is 0 Å². The molecule has 0 bridgehead atoms. The van der Waals surface area contributed by atoms with E-state index >= 15 is 0 Å². The Kier molecular flexibility index (Phi) is 16.6. The van der Waals surface area contributed by atoms with Crippen molar-refractivity contribution >= 4 is 57.3 Å². The van der Waals surface area contributed by atoms with Gasteiger partial charge in [-0.05, 0) is 85.4 Å². The summed E-state index contributed by atoms with van der Waals surface area (Å²) in [5, 5.41) is 3.18. The summed E-state index contributed by atoms with van der Waals surface area (Å²) in [7, 11) is 10.2. The van der Waals surface area contributed by atoms with E-state index in [9.17, 15) is 0 Å². The van der Waals surface area contributed by atoms with Gasteiger partial charge >= 0.3 is 0 Å². The minimum atomic E-state index is 1.08. The van der Waals surface area contributed by atoms with Crippen molar-refractivity contribution in [3.8, 4) is 0 Å². The molecule has 0 spiro atoms. The Balaban J connectivity index is 1.01. The second-order valence-electron chi connectivity index (χ2n) is 12.1. The van der Waals surface area contributed by atoms with Gasteiger partial charge in [-0.2, -0.15) is 9.13 Å². The quantitative estimate of drug-likeness (QED) is 0.0543. The average molecular weight is 667 g/mol. The van der Waals surface area contributed by atoms with E-state index < -0.39 is 0 Å². The first-order valence-corrected chi connectivity index (χ1v) is 19.7. The Morgan fingerprint density at radius 2 is 1.02 bits per heavy atom. The van der Waals surface area contributed by atoms with Crippen LogP contribution in [0.25, 0.3) is 24.3 Å². The van der Waals surface area contributed by atoms with Gasteiger partial charge in [0.15, 0.2) is 12.4 Å². The third kappa shape index (κ3) is 13.6. The predicted octanol–water partition coefficient (Wildman–Crippen LogP) is 9.91. The molecule has 0 aliphatic rings. The number of nitrogens with zero attached hydrogens (tertiary/aromatic N) is 3. The number of nitrogens with one attached hydrogen (secondary N) is 1. The molecule has 0 radical (unpaired) electrons. The molecule has 0 aliphatic heterocycles. The number of benzene rings is 2. The molecule has 2 heterocycles. The van der Waals surface area contributed by atoms with Crippen molar-refractivity contribution in [3.63, 3.8) is 0 Å². The highest BCUT2D eigenvalue weighted by atomic mass is 33.1. The van der Waals surface area contributed by atoms with E-state index in [-0.39, 0.29) is 0 Å². The number of pyridine rings is 2. The molecule has 248 valence electrons. The molecule has 0 amide bonds. The zero-order chi connectivity index (χ0) is 32.9. The Hall–Kier alpha value is -3.48. The second kappa shape index (κ2) is 21.4. The Morgan fingerprint density at radius 3 is 1.49 bits per heavy atom. The highest BCUT2D eigenvalue weighted by molar-refractivity contribution is 8.76. The molecule has 4 nitrogen and oxygen atoms in total. The van der Waals surface area contributed by atoms with E-state index in [2.05, 4.69) is 177 Å². The van der Waals surface area contributed by atoms with Crippen molar-refractivity contribution in [1.82, 2.24) is 0 Å². The maximum Gasteiger partial charge on any atom is 0.205 e. The van der Waals surface area contributed by atoms with E-state index in [1.165, 1.54) is 91.1 Å². The highest BCUT2D eigenvalue weighted by Crippen LogP contribution is 2.24. The van der Waals surface area contributed by atoms with E-state index in [1.54, 1.807) is 0 Å². The Morgan fingerprint density at radius 1 is 0.553 bits per heavy atom. The van der Waals surface area contributed by atoms with Crippen LogP contribution >= 0.6 is 21.6 Å². The highest BCUT2D eigenvalue weighted by Gasteiger charge is 2.08. The van der Waals surface area contributed by atoms with Gasteiger partial charge in [-0.15, -0.1) is 0 Å². The molecule has 4 aromatic rings. The predicted molar refractivity (Wildman–Crippen MR) is 210 cm³/mol. The van der Waals surface area contributed by atoms with Gasteiger partial charge in [0.25, 0.3) is 0 Å². The molecule has 0 saturated carbocycles.